The average Bonchev–Trinajstić information content (AvgIpc) is 2.62. The average molecular weight is 333 g/mol. The van der Waals surface area contributed by atoms with Crippen molar-refractivity contribution in [3.05, 3.63) is 107 Å². The Morgan fingerprint density at radius 2 is 2.08 bits per heavy atom. The molecule has 0 heterocycles. The molecule has 1 atom stereocenters. The SMILES string of the molecule is C=C(Cc1ccc(C2C=CC=CC2)cc1C)NCc1cccc(F)c1. The van der Waals surface area contributed by atoms with Gasteiger partial charge < -0.3 is 5.32 Å². The van der Waals surface area contributed by atoms with Crippen molar-refractivity contribution in [1.82, 2.24) is 5.32 Å². The first kappa shape index (κ1) is 17.2. The van der Waals surface area contributed by atoms with Gasteiger partial charge in [-0.1, -0.05) is 61.2 Å². The Hall–Kier alpha value is -2.61. The molecule has 2 aromatic carbocycles. The summed E-state index contributed by atoms with van der Waals surface area (Å²) in [5, 5.41) is 3.30. The first-order chi connectivity index (χ1) is 12.1. The highest BCUT2D eigenvalue weighted by Gasteiger charge is 2.10. The van der Waals surface area contributed by atoms with Crippen LogP contribution in [-0.2, 0) is 13.0 Å². The topological polar surface area (TPSA) is 12.0 Å². The summed E-state index contributed by atoms with van der Waals surface area (Å²) in [6.07, 6.45) is 10.5. The van der Waals surface area contributed by atoms with Gasteiger partial charge in [0.1, 0.15) is 5.82 Å². The number of hydrogen-bond donors (Lipinski definition) is 1. The highest BCUT2D eigenvalue weighted by molar-refractivity contribution is 5.37. The van der Waals surface area contributed by atoms with E-state index in [9.17, 15) is 4.39 Å². The smallest absolute Gasteiger partial charge is 0.123 e. The minimum atomic E-state index is -0.206. The molecule has 25 heavy (non-hydrogen) atoms. The Balaban J connectivity index is 1.59. The molecule has 0 aliphatic heterocycles. The number of halogens is 1. The van der Waals surface area contributed by atoms with Crippen LogP contribution in [-0.4, -0.2) is 0 Å². The van der Waals surface area contributed by atoms with Crippen molar-refractivity contribution in [2.45, 2.75) is 32.2 Å². The Kier molecular flexibility index (Phi) is 5.49. The van der Waals surface area contributed by atoms with Crippen molar-refractivity contribution < 1.29 is 4.39 Å². The van der Waals surface area contributed by atoms with Crippen molar-refractivity contribution in [3.63, 3.8) is 0 Å². The molecule has 1 N–H and O–H groups in total. The van der Waals surface area contributed by atoms with Crippen LogP contribution in [0.1, 0.15) is 34.6 Å². The molecule has 0 spiro atoms. The first-order valence-electron chi connectivity index (χ1n) is 8.70. The van der Waals surface area contributed by atoms with E-state index in [1.54, 1.807) is 12.1 Å². The largest absolute Gasteiger partial charge is 0.384 e. The summed E-state index contributed by atoms with van der Waals surface area (Å²) in [7, 11) is 0. The normalized spacial score (nSPS) is 16.0. The summed E-state index contributed by atoms with van der Waals surface area (Å²) < 4.78 is 13.2. The summed E-state index contributed by atoms with van der Waals surface area (Å²) in [4.78, 5) is 0. The number of benzene rings is 2. The lowest BCUT2D eigenvalue weighted by atomic mass is 9.90. The fourth-order valence-electron chi connectivity index (χ4n) is 3.14. The van der Waals surface area contributed by atoms with E-state index in [2.05, 4.69) is 61.3 Å². The molecule has 2 aromatic rings. The van der Waals surface area contributed by atoms with E-state index < -0.39 is 0 Å². The van der Waals surface area contributed by atoms with Crippen LogP contribution in [0.4, 0.5) is 4.39 Å². The molecule has 1 unspecified atom stereocenters. The molecule has 0 fully saturated rings. The fourth-order valence-corrected chi connectivity index (χ4v) is 3.14. The molecule has 3 rings (SSSR count). The van der Waals surface area contributed by atoms with Gasteiger partial charge in [0.25, 0.3) is 0 Å². The third-order valence-electron chi connectivity index (χ3n) is 4.61. The Morgan fingerprint density at radius 3 is 2.80 bits per heavy atom. The van der Waals surface area contributed by atoms with Gasteiger partial charge in [0.15, 0.2) is 0 Å². The molecule has 1 aliphatic rings. The number of hydrogen-bond acceptors (Lipinski definition) is 1. The predicted molar refractivity (Wildman–Crippen MR) is 103 cm³/mol. The summed E-state index contributed by atoms with van der Waals surface area (Å²) in [6, 6.07) is 13.3. The van der Waals surface area contributed by atoms with Crippen molar-refractivity contribution >= 4 is 0 Å². The van der Waals surface area contributed by atoms with Crippen LogP contribution in [0.25, 0.3) is 0 Å². The van der Waals surface area contributed by atoms with Crippen molar-refractivity contribution in [3.8, 4) is 0 Å². The zero-order valence-corrected chi connectivity index (χ0v) is 14.6. The van der Waals surface area contributed by atoms with E-state index in [0.29, 0.717) is 12.5 Å². The summed E-state index contributed by atoms with van der Waals surface area (Å²) in [6.45, 7) is 6.86. The highest BCUT2D eigenvalue weighted by Crippen LogP contribution is 2.26. The van der Waals surface area contributed by atoms with Crippen LogP contribution < -0.4 is 5.32 Å². The van der Waals surface area contributed by atoms with Crippen LogP contribution in [0.3, 0.4) is 0 Å². The van der Waals surface area contributed by atoms with E-state index in [-0.39, 0.29) is 5.82 Å². The second-order valence-corrected chi connectivity index (χ2v) is 6.60. The summed E-state index contributed by atoms with van der Waals surface area (Å²) >= 11 is 0. The lowest BCUT2D eigenvalue weighted by Crippen LogP contribution is -2.14. The molecular weight excluding hydrogens is 309 g/mol. The van der Waals surface area contributed by atoms with Crippen LogP contribution in [0.2, 0.25) is 0 Å². The fraction of sp³-hybridized carbons (Fsp3) is 0.217. The Bertz CT molecular complexity index is 817. The maximum absolute atomic E-state index is 13.2. The lowest BCUT2D eigenvalue weighted by molar-refractivity contribution is 0.623. The zero-order valence-electron chi connectivity index (χ0n) is 14.6. The van der Waals surface area contributed by atoms with E-state index >= 15 is 0 Å². The Morgan fingerprint density at radius 1 is 1.20 bits per heavy atom. The van der Waals surface area contributed by atoms with Gasteiger partial charge in [-0.3, -0.25) is 0 Å². The molecule has 0 saturated carbocycles. The van der Waals surface area contributed by atoms with Crippen molar-refractivity contribution in [2.75, 3.05) is 0 Å². The van der Waals surface area contributed by atoms with E-state index in [4.69, 9.17) is 0 Å². The van der Waals surface area contributed by atoms with Crippen LogP contribution in [0.5, 0.6) is 0 Å². The molecule has 2 heteroatoms. The molecule has 0 saturated heterocycles. The summed E-state index contributed by atoms with van der Waals surface area (Å²) in [5.74, 6) is 0.273. The lowest BCUT2D eigenvalue weighted by Gasteiger charge is -2.17. The van der Waals surface area contributed by atoms with E-state index in [1.165, 1.54) is 22.8 Å². The van der Waals surface area contributed by atoms with E-state index in [0.717, 1.165) is 24.1 Å². The highest BCUT2D eigenvalue weighted by atomic mass is 19.1. The van der Waals surface area contributed by atoms with Gasteiger partial charge in [-0.25, -0.2) is 4.39 Å². The van der Waals surface area contributed by atoms with Gasteiger partial charge in [-0.15, -0.1) is 0 Å². The maximum atomic E-state index is 13.2. The first-order valence-corrected chi connectivity index (χ1v) is 8.70. The molecule has 128 valence electrons. The van der Waals surface area contributed by atoms with Gasteiger partial charge in [0, 0.05) is 24.6 Å². The molecule has 1 nitrogen and oxygen atoms in total. The molecule has 0 aromatic heterocycles. The number of aryl methyl sites for hydroxylation is 1. The standard InChI is InChI=1S/C23H24FN/c1-17-13-22(20-8-4-3-5-9-20)12-11-21(17)14-18(2)25-16-19-7-6-10-23(24)15-19/h3-8,10-13,15,20,25H,2,9,14,16H2,1H3. The van der Waals surface area contributed by atoms with Gasteiger partial charge in [0.05, 0.1) is 0 Å². The maximum Gasteiger partial charge on any atom is 0.123 e. The number of allylic oxidation sites excluding steroid dienone is 5. The van der Waals surface area contributed by atoms with Gasteiger partial charge in [0.2, 0.25) is 0 Å². The quantitative estimate of drug-likeness (QED) is 0.727. The third kappa shape index (κ3) is 4.69. The third-order valence-corrected chi connectivity index (χ3v) is 4.61. The van der Waals surface area contributed by atoms with Gasteiger partial charge in [-0.2, -0.15) is 0 Å². The van der Waals surface area contributed by atoms with Crippen LogP contribution >= 0.6 is 0 Å². The molecule has 1 aliphatic carbocycles. The predicted octanol–water partition coefficient (Wildman–Crippen LogP) is 5.58. The summed E-state index contributed by atoms with van der Waals surface area (Å²) in [5.41, 5.74) is 5.79. The minimum Gasteiger partial charge on any atom is -0.384 e. The molecule has 0 amide bonds. The Labute approximate surface area is 149 Å². The number of nitrogens with one attached hydrogen (secondary N) is 1. The van der Waals surface area contributed by atoms with Gasteiger partial charge in [-0.05, 0) is 47.7 Å². The second kappa shape index (κ2) is 7.98. The second-order valence-electron chi connectivity index (χ2n) is 6.60. The minimum absolute atomic E-state index is 0.206. The van der Waals surface area contributed by atoms with Crippen molar-refractivity contribution in [2.24, 2.45) is 0 Å². The van der Waals surface area contributed by atoms with E-state index in [1.807, 2.05) is 6.07 Å². The number of rotatable bonds is 6. The molecule has 0 radical (unpaired) electrons. The molecular formula is C23H24FN. The van der Waals surface area contributed by atoms with Crippen molar-refractivity contribution in [1.29, 1.82) is 0 Å². The van der Waals surface area contributed by atoms with Crippen LogP contribution in [0, 0.1) is 12.7 Å². The molecule has 0 bridgehead atoms. The monoisotopic (exact) mass is 333 g/mol. The van der Waals surface area contributed by atoms with Gasteiger partial charge >= 0.3 is 0 Å². The van der Waals surface area contributed by atoms with Crippen LogP contribution in [0.15, 0.2) is 79.0 Å². The zero-order chi connectivity index (χ0) is 17.6.